The normalized spacial score (nSPS) is 10.9. The van der Waals surface area contributed by atoms with Gasteiger partial charge < -0.3 is 4.74 Å². The first-order valence-corrected chi connectivity index (χ1v) is 13.7. The minimum absolute atomic E-state index is 0.0565. The van der Waals surface area contributed by atoms with Crippen molar-refractivity contribution in [3.05, 3.63) is 142 Å². The lowest BCUT2D eigenvalue weighted by Crippen LogP contribution is -2.08. The van der Waals surface area contributed by atoms with Gasteiger partial charge in [0.15, 0.2) is 0 Å². The molecule has 0 fully saturated rings. The smallest absolute Gasteiger partial charge is 0.270 e. The Bertz CT molecular complexity index is 1370. The van der Waals surface area contributed by atoms with Crippen LogP contribution in [0.5, 0.6) is 11.5 Å². The number of hydrogen-bond acceptors (Lipinski definition) is 1. The van der Waals surface area contributed by atoms with Crippen molar-refractivity contribution in [3.8, 4) is 11.5 Å². The van der Waals surface area contributed by atoms with Gasteiger partial charge in [-0.15, -0.1) is 6.58 Å². The van der Waals surface area contributed by atoms with Gasteiger partial charge in [0, 0.05) is 18.9 Å². The molecule has 204 valence electrons. The van der Waals surface area contributed by atoms with Crippen LogP contribution in [0.1, 0.15) is 71.7 Å². The lowest BCUT2D eigenvalue weighted by atomic mass is 9.94. The second-order valence-electron chi connectivity index (χ2n) is 9.89. The fraction of sp³-hybridized carbons (Fsp3) is 0.278. The zero-order valence-electron chi connectivity index (χ0n) is 23.9. The number of halogens is 2. The number of ether oxygens (including phenoxy) is 1. The number of alkyl halides is 2. The molecule has 0 saturated carbocycles. The van der Waals surface area contributed by atoms with Crippen LogP contribution in [-0.4, -0.2) is 0 Å². The van der Waals surface area contributed by atoms with Crippen molar-refractivity contribution >= 4 is 0 Å². The van der Waals surface area contributed by atoms with Crippen molar-refractivity contribution in [1.82, 2.24) is 0 Å². The van der Waals surface area contributed by atoms with E-state index in [-0.39, 0.29) is 5.56 Å². The molecule has 0 aliphatic heterocycles. The zero-order chi connectivity index (χ0) is 28.4. The Morgan fingerprint density at radius 1 is 0.769 bits per heavy atom. The van der Waals surface area contributed by atoms with E-state index in [9.17, 15) is 8.78 Å². The molecule has 0 aliphatic carbocycles. The molecule has 0 amide bonds. The van der Waals surface area contributed by atoms with Crippen molar-refractivity contribution < 1.29 is 13.5 Å². The lowest BCUT2D eigenvalue weighted by Gasteiger charge is -2.17. The molecule has 0 spiro atoms. The van der Waals surface area contributed by atoms with Crippen LogP contribution in [0.4, 0.5) is 8.78 Å². The van der Waals surface area contributed by atoms with Gasteiger partial charge in [-0.1, -0.05) is 92.2 Å². The van der Waals surface area contributed by atoms with Crippen LogP contribution in [-0.2, 0) is 25.2 Å². The van der Waals surface area contributed by atoms with Gasteiger partial charge in [0.05, 0.1) is 0 Å². The summed E-state index contributed by atoms with van der Waals surface area (Å²) in [4.78, 5) is 0. The standard InChI is InChI=1S/C34H34F2O.C2H6/c1-5-6-10-29-14-13-26(19-25(29)3)20-27-17-24(2)18-28(21-27)22-30-15-16-31(34(4,35)36)23-33(30)37-32-11-8-7-9-12-32;1-2/h5,7-9,11-19,21,23H,1,6,10,20,22H2,2-4H3;1-2H3. The zero-order valence-corrected chi connectivity index (χ0v) is 23.9. The Morgan fingerprint density at radius 3 is 2.08 bits per heavy atom. The summed E-state index contributed by atoms with van der Waals surface area (Å²) < 4.78 is 34.3. The van der Waals surface area contributed by atoms with Gasteiger partial charge in [0.1, 0.15) is 11.5 Å². The summed E-state index contributed by atoms with van der Waals surface area (Å²) in [5.74, 6) is -1.86. The third kappa shape index (κ3) is 8.64. The third-order valence-electron chi connectivity index (χ3n) is 6.57. The molecular weight excluding hydrogens is 486 g/mol. The van der Waals surface area contributed by atoms with E-state index in [2.05, 4.69) is 56.8 Å². The van der Waals surface area contributed by atoms with Crippen LogP contribution >= 0.6 is 0 Å². The maximum atomic E-state index is 14.1. The van der Waals surface area contributed by atoms with Crippen molar-refractivity contribution in [2.45, 2.75) is 66.2 Å². The van der Waals surface area contributed by atoms with Gasteiger partial charge in [0.2, 0.25) is 0 Å². The molecule has 0 aliphatic rings. The topological polar surface area (TPSA) is 9.23 Å². The number of rotatable bonds is 10. The molecule has 0 bridgehead atoms. The van der Waals surface area contributed by atoms with Crippen molar-refractivity contribution in [2.24, 2.45) is 0 Å². The summed E-state index contributed by atoms with van der Waals surface area (Å²) in [6.07, 6.45) is 5.38. The summed E-state index contributed by atoms with van der Waals surface area (Å²) in [7, 11) is 0. The van der Waals surface area contributed by atoms with Gasteiger partial charge in [-0.25, -0.2) is 8.78 Å². The quantitative estimate of drug-likeness (QED) is 0.187. The molecule has 4 aromatic rings. The Balaban J connectivity index is 0.00000205. The van der Waals surface area contributed by atoms with Crippen molar-refractivity contribution in [2.75, 3.05) is 0 Å². The van der Waals surface area contributed by atoms with Gasteiger partial charge in [-0.05, 0) is 84.7 Å². The first-order valence-electron chi connectivity index (χ1n) is 13.7. The summed E-state index contributed by atoms with van der Waals surface area (Å²) in [5, 5.41) is 0. The highest BCUT2D eigenvalue weighted by molar-refractivity contribution is 5.46. The van der Waals surface area contributed by atoms with Crippen LogP contribution in [0.3, 0.4) is 0 Å². The molecular formula is C36H40F2O. The first-order chi connectivity index (χ1) is 18.7. The molecule has 0 saturated heterocycles. The van der Waals surface area contributed by atoms with E-state index in [4.69, 9.17) is 4.74 Å². The van der Waals surface area contributed by atoms with E-state index in [1.807, 2.05) is 50.3 Å². The molecule has 1 nitrogen and oxygen atoms in total. The number of para-hydroxylation sites is 1. The maximum absolute atomic E-state index is 14.1. The second-order valence-corrected chi connectivity index (χ2v) is 9.89. The molecule has 4 rings (SSSR count). The number of benzene rings is 4. The summed E-state index contributed by atoms with van der Waals surface area (Å²) in [6.45, 7) is 13.0. The fourth-order valence-corrected chi connectivity index (χ4v) is 4.70. The van der Waals surface area contributed by atoms with Crippen LogP contribution < -0.4 is 4.74 Å². The average Bonchev–Trinajstić information content (AvgIpc) is 2.90. The first kappa shape index (κ1) is 29.8. The molecule has 3 heteroatoms. The second kappa shape index (κ2) is 13.9. The number of aryl methyl sites for hydroxylation is 3. The van der Waals surface area contributed by atoms with E-state index in [0.717, 1.165) is 37.3 Å². The van der Waals surface area contributed by atoms with Gasteiger partial charge >= 0.3 is 0 Å². The Labute approximate surface area is 233 Å². The van der Waals surface area contributed by atoms with Gasteiger partial charge in [-0.2, -0.15) is 0 Å². The summed E-state index contributed by atoms with van der Waals surface area (Å²) in [5.41, 5.74) is 8.30. The Hall–Kier alpha value is -3.72. The lowest BCUT2D eigenvalue weighted by molar-refractivity contribution is 0.0173. The maximum Gasteiger partial charge on any atom is 0.270 e. The van der Waals surface area contributed by atoms with Crippen LogP contribution in [0.25, 0.3) is 0 Å². The molecule has 4 aromatic carbocycles. The molecule has 0 aromatic heterocycles. The third-order valence-corrected chi connectivity index (χ3v) is 6.57. The minimum atomic E-state index is -2.94. The molecule has 0 radical (unpaired) electrons. The Morgan fingerprint density at radius 2 is 1.44 bits per heavy atom. The average molecular weight is 527 g/mol. The van der Waals surface area contributed by atoms with Gasteiger partial charge in [-0.3, -0.25) is 0 Å². The van der Waals surface area contributed by atoms with E-state index in [0.29, 0.717) is 17.9 Å². The minimum Gasteiger partial charge on any atom is -0.457 e. The molecule has 39 heavy (non-hydrogen) atoms. The van der Waals surface area contributed by atoms with E-state index >= 15 is 0 Å². The largest absolute Gasteiger partial charge is 0.457 e. The number of hydrogen-bond donors (Lipinski definition) is 0. The predicted molar refractivity (Wildman–Crippen MR) is 160 cm³/mol. The molecule has 0 atom stereocenters. The SMILES string of the molecule is C=CCCc1ccc(Cc2cc(C)cc(Cc3ccc(C(C)(F)F)cc3Oc3ccccc3)c2)cc1C.CC. The highest BCUT2D eigenvalue weighted by Gasteiger charge is 2.25. The van der Waals surface area contributed by atoms with Crippen molar-refractivity contribution in [3.63, 3.8) is 0 Å². The highest BCUT2D eigenvalue weighted by Crippen LogP contribution is 2.35. The van der Waals surface area contributed by atoms with Gasteiger partial charge in [0.25, 0.3) is 5.92 Å². The fourth-order valence-electron chi connectivity index (χ4n) is 4.70. The Kier molecular flexibility index (Phi) is 10.6. The van der Waals surface area contributed by atoms with Crippen LogP contribution in [0, 0.1) is 13.8 Å². The number of allylic oxidation sites excluding steroid dienone is 1. The van der Waals surface area contributed by atoms with E-state index in [1.165, 1.54) is 39.9 Å². The van der Waals surface area contributed by atoms with Crippen molar-refractivity contribution in [1.29, 1.82) is 0 Å². The van der Waals surface area contributed by atoms with Crippen LogP contribution in [0.15, 0.2) is 97.6 Å². The van der Waals surface area contributed by atoms with E-state index in [1.54, 1.807) is 6.07 Å². The van der Waals surface area contributed by atoms with E-state index < -0.39 is 5.92 Å². The molecule has 0 N–H and O–H groups in total. The predicted octanol–water partition coefficient (Wildman–Crippen LogP) is 10.5. The summed E-state index contributed by atoms with van der Waals surface area (Å²) >= 11 is 0. The highest BCUT2D eigenvalue weighted by atomic mass is 19.3. The van der Waals surface area contributed by atoms with Crippen LogP contribution in [0.2, 0.25) is 0 Å². The molecule has 0 heterocycles. The molecule has 0 unspecified atom stereocenters. The monoisotopic (exact) mass is 526 g/mol. The summed E-state index contributed by atoms with van der Waals surface area (Å²) in [6, 6.07) is 27.3.